The Bertz CT molecular complexity index is 537. The first-order valence-corrected chi connectivity index (χ1v) is 7.91. The van der Waals surface area contributed by atoms with Gasteiger partial charge in [0.25, 0.3) is 0 Å². The molecule has 0 atom stereocenters. The highest BCUT2D eigenvalue weighted by Gasteiger charge is 2.29. The Hall–Kier alpha value is -1.07. The Kier molecular flexibility index (Phi) is 4.16. The quantitative estimate of drug-likeness (QED) is 0.856. The van der Waals surface area contributed by atoms with Gasteiger partial charge in [-0.3, -0.25) is 0 Å². The van der Waals surface area contributed by atoms with Crippen molar-refractivity contribution in [1.82, 2.24) is 4.31 Å². The van der Waals surface area contributed by atoms with E-state index in [4.69, 9.17) is 4.74 Å². The summed E-state index contributed by atoms with van der Waals surface area (Å²) in [6.07, 6.45) is 2.81. The zero-order valence-corrected chi connectivity index (χ0v) is 12.5. The van der Waals surface area contributed by atoms with E-state index in [9.17, 15) is 8.42 Å². The number of piperidine rings is 1. The van der Waals surface area contributed by atoms with Crippen LogP contribution in [0.2, 0.25) is 0 Å². The van der Waals surface area contributed by atoms with Gasteiger partial charge in [0.05, 0.1) is 12.0 Å². The van der Waals surface area contributed by atoms with Crippen LogP contribution in [-0.4, -0.2) is 26.4 Å². The standard InChI is InChI=1S/C14H20NO3S/c1-11-9-13(18-3)10-12(2)14(11)19(16,17)15-7-5-4-6-8-15/h7,9-10H,4-6,8H2,1-3H3. The molecular formula is C14H20NO3S. The van der Waals surface area contributed by atoms with E-state index in [1.165, 1.54) is 4.31 Å². The molecule has 1 aliphatic rings. The fourth-order valence-corrected chi connectivity index (χ4v) is 4.35. The molecule has 1 fully saturated rings. The molecule has 5 heteroatoms. The molecule has 0 bridgehead atoms. The fourth-order valence-electron chi connectivity index (χ4n) is 2.51. The van der Waals surface area contributed by atoms with Crippen molar-refractivity contribution in [3.05, 3.63) is 29.8 Å². The van der Waals surface area contributed by atoms with E-state index in [0.717, 1.165) is 30.4 Å². The second-order valence-electron chi connectivity index (χ2n) is 4.88. The van der Waals surface area contributed by atoms with Crippen molar-refractivity contribution < 1.29 is 13.2 Å². The number of aryl methyl sites for hydroxylation is 2. The maximum absolute atomic E-state index is 12.7. The van der Waals surface area contributed by atoms with E-state index in [2.05, 4.69) is 0 Å². The van der Waals surface area contributed by atoms with Crippen LogP contribution in [0.15, 0.2) is 17.0 Å². The number of rotatable bonds is 3. The number of hydrogen-bond donors (Lipinski definition) is 0. The average Bonchev–Trinajstić information content (AvgIpc) is 2.38. The molecule has 2 rings (SSSR count). The number of benzene rings is 1. The van der Waals surface area contributed by atoms with Crippen LogP contribution in [0.25, 0.3) is 0 Å². The second-order valence-corrected chi connectivity index (χ2v) is 6.71. The molecule has 0 spiro atoms. The molecule has 1 radical (unpaired) electrons. The predicted molar refractivity (Wildman–Crippen MR) is 74.5 cm³/mol. The molecule has 4 nitrogen and oxygen atoms in total. The summed E-state index contributed by atoms with van der Waals surface area (Å²) in [4.78, 5) is 0.409. The zero-order valence-electron chi connectivity index (χ0n) is 11.6. The van der Waals surface area contributed by atoms with Gasteiger partial charge in [0, 0.05) is 13.1 Å². The van der Waals surface area contributed by atoms with Gasteiger partial charge >= 0.3 is 0 Å². The molecule has 0 saturated carbocycles. The molecule has 19 heavy (non-hydrogen) atoms. The number of nitrogens with zero attached hydrogens (tertiary/aromatic N) is 1. The van der Waals surface area contributed by atoms with E-state index in [1.54, 1.807) is 25.8 Å². The topological polar surface area (TPSA) is 46.6 Å². The van der Waals surface area contributed by atoms with Crippen molar-refractivity contribution in [3.8, 4) is 5.75 Å². The van der Waals surface area contributed by atoms with Crippen molar-refractivity contribution in [3.63, 3.8) is 0 Å². The number of ether oxygens (including phenoxy) is 1. The highest BCUT2D eigenvalue weighted by molar-refractivity contribution is 7.89. The van der Waals surface area contributed by atoms with Gasteiger partial charge in [0.1, 0.15) is 5.75 Å². The third kappa shape index (κ3) is 2.77. The minimum Gasteiger partial charge on any atom is -0.497 e. The smallest absolute Gasteiger partial charge is 0.243 e. The van der Waals surface area contributed by atoms with Gasteiger partial charge in [-0.25, -0.2) is 8.42 Å². The first kappa shape index (κ1) is 14.3. The fraction of sp³-hybridized carbons (Fsp3) is 0.500. The molecule has 1 aromatic rings. The molecule has 1 aliphatic heterocycles. The number of methoxy groups -OCH3 is 1. The molecule has 0 aromatic heterocycles. The third-order valence-corrected chi connectivity index (χ3v) is 5.51. The zero-order chi connectivity index (χ0) is 14.0. The summed E-state index contributed by atoms with van der Waals surface area (Å²) < 4.78 is 32.0. The van der Waals surface area contributed by atoms with E-state index < -0.39 is 10.0 Å². The Labute approximate surface area is 115 Å². The molecule has 105 valence electrons. The molecule has 1 saturated heterocycles. The molecule has 1 heterocycles. The lowest BCUT2D eigenvalue weighted by Crippen LogP contribution is -2.33. The lowest BCUT2D eigenvalue weighted by molar-refractivity contribution is 0.399. The minimum absolute atomic E-state index is 0.409. The van der Waals surface area contributed by atoms with Gasteiger partial charge in [-0.2, -0.15) is 4.31 Å². The Morgan fingerprint density at radius 2 is 1.79 bits per heavy atom. The van der Waals surface area contributed by atoms with Crippen molar-refractivity contribution >= 4 is 10.0 Å². The Balaban J connectivity index is 2.45. The SMILES string of the molecule is COc1cc(C)c(S(=O)(=O)N2[CH]CCCC2)c(C)c1. The summed E-state index contributed by atoms with van der Waals surface area (Å²) in [7, 11) is -1.84. The summed E-state index contributed by atoms with van der Waals surface area (Å²) in [5, 5.41) is 0. The maximum atomic E-state index is 12.7. The number of sulfonamides is 1. The molecular weight excluding hydrogens is 262 g/mol. The van der Waals surface area contributed by atoms with Crippen LogP contribution in [0.5, 0.6) is 5.75 Å². The summed E-state index contributed by atoms with van der Waals surface area (Å²) in [5.74, 6) is 0.691. The first-order chi connectivity index (χ1) is 8.96. The van der Waals surface area contributed by atoms with Crippen LogP contribution in [0.1, 0.15) is 30.4 Å². The van der Waals surface area contributed by atoms with E-state index in [0.29, 0.717) is 17.2 Å². The molecule has 0 unspecified atom stereocenters. The maximum Gasteiger partial charge on any atom is 0.243 e. The lowest BCUT2D eigenvalue weighted by atomic mass is 10.1. The van der Waals surface area contributed by atoms with Crippen LogP contribution >= 0.6 is 0 Å². The van der Waals surface area contributed by atoms with E-state index in [1.807, 2.05) is 13.8 Å². The number of hydrogen-bond acceptors (Lipinski definition) is 3. The monoisotopic (exact) mass is 282 g/mol. The van der Waals surface area contributed by atoms with Crippen LogP contribution in [0, 0.1) is 20.4 Å². The normalized spacial score (nSPS) is 17.4. The summed E-state index contributed by atoms with van der Waals surface area (Å²) in [6.45, 7) is 5.99. The van der Waals surface area contributed by atoms with Gasteiger partial charge in [-0.05, 0) is 49.9 Å². The van der Waals surface area contributed by atoms with Crippen molar-refractivity contribution in [2.24, 2.45) is 0 Å². The third-order valence-electron chi connectivity index (χ3n) is 3.40. The predicted octanol–water partition coefficient (Wildman–Crippen LogP) is 2.65. The van der Waals surface area contributed by atoms with Gasteiger partial charge in [0.15, 0.2) is 0 Å². The van der Waals surface area contributed by atoms with Crippen LogP contribution in [0.4, 0.5) is 0 Å². The van der Waals surface area contributed by atoms with Crippen molar-refractivity contribution in [2.45, 2.75) is 38.0 Å². The molecule has 0 amide bonds. The van der Waals surface area contributed by atoms with Crippen LogP contribution in [-0.2, 0) is 10.0 Å². The van der Waals surface area contributed by atoms with Gasteiger partial charge in [0.2, 0.25) is 10.0 Å². The Morgan fingerprint density at radius 1 is 1.16 bits per heavy atom. The van der Waals surface area contributed by atoms with E-state index >= 15 is 0 Å². The van der Waals surface area contributed by atoms with Gasteiger partial charge in [-0.1, -0.05) is 6.42 Å². The highest BCUT2D eigenvalue weighted by atomic mass is 32.2. The van der Waals surface area contributed by atoms with Crippen molar-refractivity contribution in [2.75, 3.05) is 13.7 Å². The van der Waals surface area contributed by atoms with Crippen molar-refractivity contribution in [1.29, 1.82) is 0 Å². The van der Waals surface area contributed by atoms with Gasteiger partial charge < -0.3 is 4.74 Å². The second kappa shape index (κ2) is 5.51. The largest absolute Gasteiger partial charge is 0.497 e. The average molecular weight is 282 g/mol. The van der Waals surface area contributed by atoms with Crippen LogP contribution < -0.4 is 4.74 Å². The van der Waals surface area contributed by atoms with Gasteiger partial charge in [-0.15, -0.1) is 0 Å². The first-order valence-electron chi connectivity index (χ1n) is 6.47. The summed E-state index contributed by atoms with van der Waals surface area (Å²) in [6, 6.07) is 3.54. The summed E-state index contributed by atoms with van der Waals surface area (Å²) in [5.41, 5.74) is 1.46. The highest BCUT2D eigenvalue weighted by Crippen LogP contribution is 2.30. The molecule has 0 aliphatic carbocycles. The van der Waals surface area contributed by atoms with Crippen LogP contribution in [0.3, 0.4) is 0 Å². The minimum atomic E-state index is -3.43. The molecule has 0 N–H and O–H groups in total. The summed E-state index contributed by atoms with van der Waals surface area (Å²) >= 11 is 0. The molecule has 1 aromatic carbocycles. The van der Waals surface area contributed by atoms with E-state index in [-0.39, 0.29) is 0 Å². The Morgan fingerprint density at radius 3 is 2.26 bits per heavy atom. The lowest BCUT2D eigenvalue weighted by Gasteiger charge is -2.27.